The third-order valence-electron chi connectivity index (χ3n) is 4.50. The summed E-state index contributed by atoms with van der Waals surface area (Å²) in [6, 6.07) is 0. The van der Waals surface area contributed by atoms with Crippen LogP contribution in [0.5, 0.6) is 0 Å². The van der Waals surface area contributed by atoms with Crippen molar-refractivity contribution in [2.75, 3.05) is 13.1 Å². The first-order chi connectivity index (χ1) is 10.2. The Hall–Kier alpha value is -0.0400. The summed E-state index contributed by atoms with van der Waals surface area (Å²) in [5.74, 6) is 1.77. The molecule has 1 unspecified atom stereocenters. The van der Waals surface area contributed by atoms with Gasteiger partial charge in [-0.25, -0.2) is 0 Å². The number of rotatable bonds is 16. The van der Waals surface area contributed by atoms with E-state index in [1.54, 1.807) is 0 Å². The first kappa shape index (κ1) is 21.0. The molecule has 0 aliphatic carbocycles. The van der Waals surface area contributed by atoms with Crippen LogP contribution in [0.2, 0.25) is 0 Å². The van der Waals surface area contributed by atoms with Crippen LogP contribution in [-0.2, 0) is 0 Å². The minimum absolute atomic E-state index is 0.872. The molecule has 0 amide bonds. The van der Waals surface area contributed by atoms with Gasteiger partial charge in [0.2, 0.25) is 0 Å². The maximum atomic E-state index is 3.63. The minimum Gasteiger partial charge on any atom is -0.317 e. The standard InChI is InChI=1S/C20H43N/c1-5-6-7-8-9-10-11-12-17-21-18-16-20(4)15-13-14-19(2)3/h19-21H,5-18H2,1-4H3. The summed E-state index contributed by atoms with van der Waals surface area (Å²) in [7, 11) is 0. The molecular weight excluding hydrogens is 254 g/mol. The Morgan fingerprint density at radius 2 is 1.24 bits per heavy atom. The Kier molecular flexibility index (Phi) is 16.3. The zero-order valence-corrected chi connectivity index (χ0v) is 15.6. The van der Waals surface area contributed by atoms with E-state index in [4.69, 9.17) is 0 Å². The highest BCUT2D eigenvalue weighted by Crippen LogP contribution is 2.14. The summed E-state index contributed by atoms with van der Waals surface area (Å²) in [6.45, 7) is 11.8. The highest BCUT2D eigenvalue weighted by Gasteiger charge is 2.02. The molecule has 0 aromatic rings. The second kappa shape index (κ2) is 16.3. The van der Waals surface area contributed by atoms with Gasteiger partial charge in [-0.15, -0.1) is 0 Å². The molecule has 0 heterocycles. The number of nitrogens with one attached hydrogen (secondary N) is 1. The maximum absolute atomic E-state index is 3.63. The molecule has 0 rings (SSSR count). The highest BCUT2D eigenvalue weighted by atomic mass is 14.8. The summed E-state index contributed by atoms with van der Waals surface area (Å²) in [6.07, 6.45) is 17.0. The van der Waals surface area contributed by atoms with Gasteiger partial charge in [0.05, 0.1) is 0 Å². The summed E-state index contributed by atoms with van der Waals surface area (Å²) in [4.78, 5) is 0. The summed E-state index contributed by atoms with van der Waals surface area (Å²) >= 11 is 0. The van der Waals surface area contributed by atoms with Crippen LogP contribution in [0, 0.1) is 11.8 Å². The largest absolute Gasteiger partial charge is 0.317 e. The van der Waals surface area contributed by atoms with E-state index in [9.17, 15) is 0 Å². The molecule has 128 valence electrons. The van der Waals surface area contributed by atoms with Crippen molar-refractivity contribution in [3.05, 3.63) is 0 Å². The quantitative estimate of drug-likeness (QED) is 0.318. The van der Waals surface area contributed by atoms with Gasteiger partial charge in [-0.05, 0) is 37.8 Å². The molecule has 0 bridgehead atoms. The molecule has 0 fully saturated rings. The predicted molar refractivity (Wildman–Crippen MR) is 97.9 cm³/mol. The van der Waals surface area contributed by atoms with Crippen molar-refractivity contribution in [1.29, 1.82) is 0 Å². The number of hydrogen-bond acceptors (Lipinski definition) is 1. The maximum Gasteiger partial charge on any atom is -0.00464 e. The van der Waals surface area contributed by atoms with Crippen LogP contribution >= 0.6 is 0 Å². The molecule has 1 heteroatoms. The van der Waals surface area contributed by atoms with Gasteiger partial charge in [-0.3, -0.25) is 0 Å². The molecule has 1 N–H and O–H groups in total. The van der Waals surface area contributed by atoms with Gasteiger partial charge in [0, 0.05) is 0 Å². The van der Waals surface area contributed by atoms with Crippen molar-refractivity contribution in [1.82, 2.24) is 5.32 Å². The summed E-state index contributed by atoms with van der Waals surface area (Å²) in [5, 5.41) is 3.63. The second-order valence-corrected chi connectivity index (χ2v) is 7.44. The molecule has 0 saturated heterocycles. The minimum atomic E-state index is 0.872. The lowest BCUT2D eigenvalue weighted by Crippen LogP contribution is -2.18. The van der Waals surface area contributed by atoms with Gasteiger partial charge < -0.3 is 5.32 Å². The van der Waals surface area contributed by atoms with Gasteiger partial charge in [0.1, 0.15) is 0 Å². The molecule has 0 radical (unpaired) electrons. The Morgan fingerprint density at radius 1 is 0.619 bits per heavy atom. The van der Waals surface area contributed by atoms with E-state index < -0.39 is 0 Å². The lowest BCUT2D eigenvalue weighted by Gasteiger charge is -2.12. The van der Waals surface area contributed by atoms with Crippen molar-refractivity contribution in [2.24, 2.45) is 11.8 Å². The van der Waals surface area contributed by atoms with Crippen LogP contribution in [0.25, 0.3) is 0 Å². The molecule has 1 nitrogen and oxygen atoms in total. The molecule has 0 aliphatic rings. The zero-order chi connectivity index (χ0) is 15.8. The number of unbranched alkanes of at least 4 members (excludes halogenated alkanes) is 7. The smallest absolute Gasteiger partial charge is 0.00464 e. The summed E-state index contributed by atoms with van der Waals surface area (Å²) < 4.78 is 0. The number of hydrogen-bond donors (Lipinski definition) is 1. The fourth-order valence-corrected chi connectivity index (χ4v) is 2.88. The van der Waals surface area contributed by atoms with E-state index in [0.29, 0.717) is 0 Å². The Morgan fingerprint density at radius 3 is 1.86 bits per heavy atom. The van der Waals surface area contributed by atoms with Crippen LogP contribution in [-0.4, -0.2) is 13.1 Å². The highest BCUT2D eigenvalue weighted by molar-refractivity contribution is 4.58. The van der Waals surface area contributed by atoms with Crippen LogP contribution < -0.4 is 5.32 Å². The average Bonchev–Trinajstić information content (AvgIpc) is 2.44. The fraction of sp³-hybridized carbons (Fsp3) is 1.00. The van der Waals surface area contributed by atoms with E-state index in [-0.39, 0.29) is 0 Å². The molecule has 1 atom stereocenters. The lowest BCUT2D eigenvalue weighted by atomic mass is 9.97. The van der Waals surface area contributed by atoms with E-state index in [2.05, 4.69) is 33.0 Å². The van der Waals surface area contributed by atoms with E-state index in [1.807, 2.05) is 0 Å². The molecule has 0 aromatic heterocycles. The van der Waals surface area contributed by atoms with Gasteiger partial charge >= 0.3 is 0 Å². The zero-order valence-electron chi connectivity index (χ0n) is 15.6. The van der Waals surface area contributed by atoms with E-state index >= 15 is 0 Å². The fourth-order valence-electron chi connectivity index (χ4n) is 2.88. The molecule has 0 aromatic carbocycles. The van der Waals surface area contributed by atoms with E-state index in [1.165, 1.54) is 90.1 Å². The van der Waals surface area contributed by atoms with Crippen molar-refractivity contribution >= 4 is 0 Å². The van der Waals surface area contributed by atoms with Crippen molar-refractivity contribution in [2.45, 2.75) is 105 Å². The van der Waals surface area contributed by atoms with Crippen LogP contribution in [0.4, 0.5) is 0 Å². The van der Waals surface area contributed by atoms with E-state index in [0.717, 1.165) is 11.8 Å². The predicted octanol–water partition coefficient (Wildman–Crippen LogP) is 6.57. The monoisotopic (exact) mass is 297 g/mol. The molecule has 21 heavy (non-hydrogen) atoms. The molecular formula is C20H43N. The van der Waals surface area contributed by atoms with Gasteiger partial charge in [-0.2, -0.15) is 0 Å². The second-order valence-electron chi connectivity index (χ2n) is 7.44. The van der Waals surface area contributed by atoms with Gasteiger partial charge in [0.15, 0.2) is 0 Å². The van der Waals surface area contributed by atoms with Crippen LogP contribution in [0.15, 0.2) is 0 Å². The Bertz CT molecular complexity index is 188. The Balaban J connectivity index is 3.10. The molecule has 0 spiro atoms. The molecule has 0 aliphatic heterocycles. The molecule has 0 saturated carbocycles. The summed E-state index contributed by atoms with van der Waals surface area (Å²) in [5.41, 5.74) is 0. The average molecular weight is 298 g/mol. The van der Waals surface area contributed by atoms with Crippen molar-refractivity contribution < 1.29 is 0 Å². The van der Waals surface area contributed by atoms with Gasteiger partial charge in [0.25, 0.3) is 0 Å². The Labute approximate surface area is 135 Å². The SMILES string of the molecule is CCCCCCCCCCNCCC(C)CCCC(C)C. The lowest BCUT2D eigenvalue weighted by molar-refractivity contribution is 0.424. The van der Waals surface area contributed by atoms with Crippen molar-refractivity contribution in [3.8, 4) is 0 Å². The van der Waals surface area contributed by atoms with Crippen LogP contribution in [0.3, 0.4) is 0 Å². The third kappa shape index (κ3) is 17.9. The first-order valence-electron chi connectivity index (χ1n) is 9.87. The third-order valence-corrected chi connectivity index (χ3v) is 4.50. The first-order valence-corrected chi connectivity index (χ1v) is 9.87. The normalized spacial score (nSPS) is 13.0. The van der Waals surface area contributed by atoms with Crippen LogP contribution in [0.1, 0.15) is 105 Å². The van der Waals surface area contributed by atoms with Gasteiger partial charge in [-0.1, -0.05) is 91.9 Å². The topological polar surface area (TPSA) is 12.0 Å². The van der Waals surface area contributed by atoms with Crippen molar-refractivity contribution in [3.63, 3.8) is 0 Å².